The first-order valence-corrected chi connectivity index (χ1v) is 11.0. The Balaban J connectivity index is 1.35. The number of nitriles is 1. The second kappa shape index (κ2) is 8.42. The van der Waals surface area contributed by atoms with Crippen molar-refractivity contribution in [3.05, 3.63) is 47.0 Å². The average Bonchev–Trinajstić information content (AvgIpc) is 3.63. The van der Waals surface area contributed by atoms with Crippen LogP contribution in [0.4, 0.5) is 0 Å². The molecule has 2 aliphatic rings. The number of ether oxygens (including phenoxy) is 1. The van der Waals surface area contributed by atoms with Crippen molar-refractivity contribution >= 4 is 17.0 Å². The van der Waals surface area contributed by atoms with Gasteiger partial charge in [0.1, 0.15) is 18.0 Å². The van der Waals surface area contributed by atoms with E-state index in [9.17, 15) is 14.9 Å². The first-order valence-electron chi connectivity index (χ1n) is 11.0. The summed E-state index contributed by atoms with van der Waals surface area (Å²) >= 11 is 0. The number of carbonyl (C=O) groups excluding carboxylic acids is 1. The Morgan fingerprint density at radius 3 is 2.85 bits per heavy atom. The number of fused-ring (bicyclic) bond motifs is 1. The van der Waals surface area contributed by atoms with Gasteiger partial charge >= 0.3 is 5.76 Å². The van der Waals surface area contributed by atoms with Crippen LogP contribution in [0.2, 0.25) is 0 Å². The highest BCUT2D eigenvalue weighted by atomic mass is 16.5. The summed E-state index contributed by atoms with van der Waals surface area (Å²) < 4.78 is 12.2. The van der Waals surface area contributed by atoms with E-state index in [2.05, 4.69) is 26.7 Å². The molecular weight excluding hydrogens is 424 g/mol. The molecule has 1 saturated heterocycles. The van der Waals surface area contributed by atoms with Crippen molar-refractivity contribution in [2.75, 3.05) is 19.7 Å². The molecule has 1 aromatic carbocycles. The third-order valence-corrected chi connectivity index (χ3v) is 6.42. The van der Waals surface area contributed by atoms with Crippen LogP contribution in [0, 0.1) is 11.3 Å². The summed E-state index contributed by atoms with van der Waals surface area (Å²) in [5.74, 6) is -0.174. The van der Waals surface area contributed by atoms with Gasteiger partial charge in [-0.1, -0.05) is 6.07 Å². The maximum atomic E-state index is 12.7. The monoisotopic (exact) mass is 448 g/mol. The van der Waals surface area contributed by atoms with Crippen LogP contribution in [0.25, 0.3) is 22.2 Å². The molecule has 1 saturated carbocycles. The van der Waals surface area contributed by atoms with Gasteiger partial charge < -0.3 is 19.8 Å². The van der Waals surface area contributed by atoms with Crippen LogP contribution in [0.15, 0.2) is 39.8 Å². The molecule has 10 nitrogen and oxygen atoms in total. The highest BCUT2D eigenvalue weighted by molar-refractivity contribution is 5.82. The first-order chi connectivity index (χ1) is 16.0. The van der Waals surface area contributed by atoms with Gasteiger partial charge in [0, 0.05) is 38.2 Å². The summed E-state index contributed by atoms with van der Waals surface area (Å²) in [4.78, 5) is 33.5. The Morgan fingerprint density at radius 2 is 2.12 bits per heavy atom. The SMILES string of the molecule is Cn1c(=O)oc2ccc(-c3cnc(C4(C(C#N)NC(=O)C5CNCCCO5)CC4)nc3)cc21. The molecule has 3 heterocycles. The van der Waals surface area contributed by atoms with E-state index >= 15 is 0 Å². The van der Waals surface area contributed by atoms with Gasteiger partial charge in [0.15, 0.2) is 5.58 Å². The van der Waals surface area contributed by atoms with Crippen molar-refractivity contribution in [1.29, 1.82) is 5.26 Å². The molecule has 170 valence electrons. The Hall–Kier alpha value is -3.55. The minimum Gasteiger partial charge on any atom is -0.408 e. The van der Waals surface area contributed by atoms with E-state index in [0.29, 0.717) is 30.1 Å². The topological polar surface area (TPSA) is 135 Å². The van der Waals surface area contributed by atoms with Gasteiger partial charge in [0.05, 0.1) is 17.0 Å². The van der Waals surface area contributed by atoms with Gasteiger partial charge in [-0.25, -0.2) is 14.8 Å². The Labute approximate surface area is 189 Å². The molecule has 2 N–H and O–H groups in total. The molecule has 0 radical (unpaired) electrons. The van der Waals surface area contributed by atoms with Crippen LogP contribution in [-0.2, 0) is 22.0 Å². The number of carbonyl (C=O) groups is 1. The lowest BCUT2D eigenvalue weighted by molar-refractivity contribution is -0.132. The largest absolute Gasteiger partial charge is 0.419 e. The number of benzene rings is 1. The van der Waals surface area contributed by atoms with Crippen molar-refractivity contribution in [2.24, 2.45) is 7.05 Å². The molecule has 33 heavy (non-hydrogen) atoms. The third kappa shape index (κ3) is 3.90. The van der Waals surface area contributed by atoms with Crippen LogP contribution in [0.5, 0.6) is 0 Å². The summed E-state index contributed by atoms with van der Waals surface area (Å²) in [5.41, 5.74) is 2.22. The van der Waals surface area contributed by atoms with E-state index in [4.69, 9.17) is 9.15 Å². The third-order valence-electron chi connectivity index (χ3n) is 6.42. The Morgan fingerprint density at radius 1 is 1.33 bits per heavy atom. The summed E-state index contributed by atoms with van der Waals surface area (Å²) in [6, 6.07) is 6.94. The van der Waals surface area contributed by atoms with Crippen LogP contribution >= 0.6 is 0 Å². The van der Waals surface area contributed by atoms with E-state index in [1.54, 1.807) is 25.5 Å². The number of rotatable bonds is 5. The maximum absolute atomic E-state index is 12.7. The van der Waals surface area contributed by atoms with Crippen LogP contribution in [0.1, 0.15) is 25.1 Å². The summed E-state index contributed by atoms with van der Waals surface area (Å²) in [6.45, 7) is 1.74. The number of aryl methyl sites for hydroxylation is 1. The molecule has 1 aliphatic carbocycles. The lowest BCUT2D eigenvalue weighted by Gasteiger charge is -2.23. The molecule has 3 aromatic rings. The Bertz CT molecular complexity index is 1280. The smallest absolute Gasteiger partial charge is 0.408 e. The summed E-state index contributed by atoms with van der Waals surface area (Å²) in [5, 5.41) is 15.8. The zero-order valence-electron chi connectivity index (χ0n) is 18.2. The minimum absolute atomic E-state index is 0.294. The van der Waals surface area contributed by atoms with Gasteiger partial charge in [0.2, 0.25) is 0 Å². The van der Waals surface area contributed by atoms with Crippen molar-refractivity contribution in [3.63, 3.8) is 0 Å². The lowest BCUT2D eigenvalue weighted by atomic mass is 9.95. The average molecular weight is 448 g/mol. The molecule has 1 amide bonds. The predicted molar refractivity (Wildman–Crippen MR) is 118 cm³/mol. The van der Waals surface area contributed by atoms with Crippen molar-refractivity contribution in [1.82, 2.24) is 25.2 Å². The zero-order chi connectivity index (χ0) is 23.0. The number of nitrogens with zero attached hydrogens (tertiary/aromatic N) is 4. The van der Waals surface area contributed by atoms with Crippen LogP contribution in [-0.4, -0.2) is 52.3 Å². The second-order valence-electron chi connectivity index (χ2n) is 8.55. The molecule has 2 unspecified atom stereocenters. The highest BCUT2D eigenvalue weighted by Gasteiger charge is 2.54. The molecule has 10 heteroatoms. The van der Waals surface area contributed by atoms with Gasteiger partial charge in [-0.05, 0) is 43.5 Å². The number of hydrogen-bond donors (Lipinski definition) is 2. The quantitative estimate of drug-likeness (QED) is 0.590. The maximum Gasteiger partial charge on any atom is 0.419 e. The van der Waals surface area contributed by atoms with Crippen molar-refractivity contribution < 1.29 is 13.9 Å². The normalized spacial score (nSPS) is 20.5. The van der Waals surface area contributed by atoms with Crippen LogP contribution in [0.3, 0.4) is 0 Å². The number of aromatic nitrogens is 3. The van der Waals surface area contributed by atoms with Gasteiger partial charge in [-0.15, -0.1) is 0 Å². The van der Waals surface area contributed by atoms with Gasteiger partial charge in [-0.2, -0.15) is 5.26 Å². The number of amides is 1. The lowest BCUT2D eigenvalue weighted by Crippen LogP contribution is -2.49. The summed E-state index contributed by atoms with van der Waals surface area (Å²) in [6.07, 6.45) is 5.08. The predicted octanol–water partition coefficient (Wildman–Crippen LogP) is 1.01. The standard InChI is InChI=1S/C23H24N6O4/c1-29-16-9-14(3-4-17(16)33-22(29)31)15-11-26-21(27-12-15)23(5-6-23)19(10-24)28-20(30)18-13-25-7-2-8-32-18/h3-4,9,11-12,18-19,25H,2,5-8,13H2,1H3,(H,28,30). The fourth-order valence-corrected chi connectivity index (χ4v) is 4.23. The number of nitrogens with one attached hydrogen (secondary N) is 2. The molecule has 0 bridgehead atoms. The summed E-state index contributed by atoms with van der Waals surface area (Å²) in [7, 11) is 1.65. The van der Waals surface area contributed by atoms with E-state index in [0.717, 1.165) is 36.9 Å². The van der Waals surface area contributed by atoms with Crippen LogP contribution < -0.4 is 16.4 Å². The molecule has 1 aliphatic heterocycles. The van der Waals surface area contributed by atoms with E-state index in [-0.39, 0.29) is 5.91 Å². The van der Waals surface area contributed by atoms with Gasteiger partial charge in [0.25, 0.3) is 5.91 Å². The van der Waals surface area contributed by atoms with E-state index < -0.39 is 23.3 Å². The molecule has 2 fully saturated rings. The Kier molecular flexibility index (Phi) is 5.44. The number of hydrogen-bond acceptors (Lipinski definition) is 8. The first kappa shape index (κ1) is 21.3. The minimum atomic E-state index is -0.737. The van der Waals surface area contributed by atoms with Crippen molar-refractivity contribution in [2.45, 2.75) is 36.8 Å². The molecule has 2 aromatic heterocycles. The highest BCUT2D eigenvalue weighted by Crippen LogP contribution is 2.49. The fourth-order valence-electron chi connectivity index (χ4n) is 4.23. The molecule has 2 atom stereocenters. The van der Waals surface area contributed by atoms with E-state index in [1.807, 2.05) is 12.1 Å². The molecular formula is C23H24N6O4. The van der Waals surface area contributed by atoms with Crippen molar-refractivity contribution in [3.8, 4) is 17.2 Å². The molecule has 0 spiro atoms. The van der Waals surface area contributed by atoms with Gasteiger partial charge in [-0.3, -0.25) is 9.36 Å². The molecule has 5 rings (SSSR count). The zero-order valence-corrected chi connectivity index (χ0v) is 18.2. The number of oxazole rings is 1. The fraction of sp³-hybridized carbons (Fsp3) is 0.435. The van der Waals surface area contributed by atoms with E-state index in [1.165, 1.54) is 4.57 Å². The second-order valence-corrected chi connectivity index (χ2v) is 8.55.